The molecule has 15 rings (SSSR count). The Morgan fingerprint density at radius 3 is 0.876 bits per heavy atom. The van der Waals surface area contributed by atoms with Gasteiger partial charge in [-0.05, 0) is 193 Å². The molecule has 0 spiro atoms. The number of nitrogens with zero attached hydrogens (tertiary/aromatic N) is 5. The van der Waals surface area contributed by atoms with E-state index in [-0.39, 0.29) is 6.61 Å². The molecule has 0 saturated heterocycles. The summed E-state index contributed by atoms with van der Waals surface area (Å²) >= 11 is 0. The van der Waals surface area contributed by atoms with Gasteiger partial charge < -0.3 is 45.6 Å². The minimum absolute atomic E-state index is 0.318. The number of carbonyl (C=O) groups excluding carboxylic acids is 2. The van der Waals surface area contributed by atoms with Gasteiger partial charge in [0.15, 0.2) is 13.2 Å². The number of rotatable bonds is 19. The van der Waals surface area contributed by atoms with Crippen molar-refractivity contribution >= 4 is 109 Å². The van der Waals surface area contributed by atoms with E-state index in [0.717, 1.165) is 107 Å². The van der Waals surface area contributed by atoms with Gasteiger partial charge in [-0.25, -0.2) is 9.97 Å². The van der Waals surface area contributed by atoms with E-state index in [1.807, 2.05) is 109 Å². The SMILES string of the molecule is NC(=O)COc1ccc(OCC(N)=O)c(-c2c3nc(c(-c4ccc(N(c5ccccc5)c5ccccc5)cc4)c4ccc([nH]4)c(-c4ccc(N(c5ccccc5)c5ccccc5)cc4)c4nc(c(-c5ccc(N(c6ccccc6)c6ccccc6)cc5)c5ccc2[nH]5)C=C4)C=C3)c1. The summed E-state index contributed by atoms with van der Waals surface area (Å²) in [4.78, 5) is 50.6. The van der Waals surface area contributed by atoms with Crippen LogP contribution in [0.15, 0.2) is 297 Å². The van der Waals surface area contributed by atoms with Gasteiger partial charge in [0, 0.05) is 101 Å². The molecule has 2 aliphatic rings. The van der Waals surface area contributed by atoms with Crippen LogP contribution in [0, 0.1) is 0 Å². The second kappa shape index (κ2) is 26.8. The topological polar surface area (TPSA) is 172 Å². The van der Waals surface area contributed by atoms with Crippen molar-refractivity contribution in [1.82, 2.24) is 19.9 Å². The van der Waals surface area contributed by atoms with Crippen LogP contribution in [0.1, 0.15) is 22.8 Å². The third kappa shape index (κ3) is 12.5. The summed E-state index contributed by atoms with van der Waals surface area (Å²) < 4.78 is 12.2. The highest BCUT2D eigenvalue weighted by molar-refractivity contribution is 6.01. The number of benzene rings is 10. The van der Waals surface area contributed by atoms with Gasteiger partial charge in [-0.1, -0.05) is 146 Å². The third-order valence-corrected chi connectivity index (χ3v) is 17.1. The van der Waals surface area contributed by atoms with Crippen molar-refractivity contribution in [3.8, 4) is 56.0 Å². The molecule has 5 heterocycles. The molecular weight excluding hydrogens is 1200 g/mol. The van der Waals surface area contributed by atoms with Crippen LogP contribution in [0.4, 0.5) is 51.2 Å². The summed E-state index contributed by atoms with van der Waals surface area (Å²) in [5.74, 6) is -0.664. The quantitative estimate of drug-likeness (QED) is 0.0615. The Bertz CT molecular complexity index is 5020. The Morgan fingerprint density at radius 2 is 0.577 bits per heavy atom. The Kier molecular flexibility index (Phi) is 16.6. The second-order valence-corrected chi connectivity index (χ2v) is 23.3. The molecule has 0 atom stereocenters. The molecule has 0 aliphatic carbocycles. The van der Waals surface area contributed by atoms with Crippen LogP contribution in [-0.2, 0) is 9.59 Å². The Hall–Kier alpha value is -13.3. The number of ether oxygens (including phenoxy) is 2. The maximum Gasteiger partial charge on any atom is 0.255 e. The molecule has 8 bridgehead atoms. The number of hydrogen-bond donors (Lipinski definition) is 4. The van der Waals surface area contributed by atoms with Crippen molar-refractivity contribution in [1.29, 1.82) is 0 Å². The highest BCUT2D eigenvalue weighted by atomic mass is 16.5. The lowest BCUT2D eigenvalue weighted by Gasteiger charge is -2.25. The molecule has 13 heteroatoms. The molecule has 13 nitrogen and oxygen atoms in total. The average Bonchev–Trinajstić information content (AvgIpc) is 1.67. The second-order valence-electron chi connectivity index (χ2n) is 23.3. The number of H-pyrrole nitrogens is 2. The van der Waals surface area contributed by atoms with Gasteiger partial charge in [0.1, 0.15) is 11.5 Å². The van der Waals surface area contributed by atoms with E-state index in [9.17, 15) is 9.59 Å². The van der Waals surface area contributed by atoms with Crippen molar-refractivity contribution in [3.63, 3.8) is 0 Å². The van der Waals surface area contributed by atoms with E-state index in [2.05, 4.69) is 219 Å². The molecule has 468 valence electrons. The first-order valence-electron chi connectivity index (χ1n) is 31.9. The average molecular weight is 1260 g/mol. The maximum atomic E-state index is 12.5. The molecule has 10 aromatic carbocycles. The summed E-state index contributed by atoms with van der Waals surface area (Å²) in [5, 5.41) is 0. The van der Waals surface area contributed by atoms with Crippen molar-refractivity contribution in [3.05, 3.63) is 320 Å². The minimum atomic E-state index is -0.664. The third-order valence-electron chi connectivity index (χ3n) is 17.1. The fourth-order valence-corrected chi connectivity index (χ4v) is 12.8. The number of nitrogens with one attached hydrogen (secondary N) is 2. The molecule has 0 radical (unpaired) electrons. The molecule has 2 amide bonds. The molecule has 0 unspecified atom stereocenters. The van der Waals surface area contributed by atoms with Crippen LogP contribution in [0.2, 0.25) is 0 Å². The maximum absolute atomic E-state index is 12.5. The zero-order chi connectivity index (χ0) is 65.6. The number of aromatic nitrogens is 4. The molecule has 97 heavy (non-hydrogen) atoms. The summed E-state index contributed by atoms with van der Waals surface area (Å²) in [6, 6.07) is 101. The first-order valence-corrected chi connectivity index (χ1v) is 31.9. The molecule has 0 saturated carbocycles. The number of anilines is 9. The van der Waals surface area contributed by atoms with E-state index in [0.29, 0.717) is 45.2 Å². The van der Waals surface area contributed by atoms with Crippen LogP contribution in [-0.4, -0.2) is 45.0 Å². The largest absolute Gasteiger partial charge is 0.484 e. The Labute approximate surface area is 560 Å². The van der Waals surface area contributed by atoms with Crippen molar-refractivity contribution in [2.75, 3.05) is 27.9 Å². The number of nitrogens with two attached hydrogens (primary N) is 2. The zero-order valence-electron chi connectivity index (χ0n) is 52.5. The van der Waals surface area contributed by atoms with Crippen LogP contribution in [0.3, 0.4) is 0 Å². The molecule has 6 N–H and O–H groups in total. The summed E-state index contributed by atoms with van der Waals surface area (Å²) in [6.45, 7) is -0.794. The molecule has 3 aromatic heterocycles. The van der Waals surface area contributed by atoms with Gasteiger partial charge in [0.25, 0.3) is 11.8 Å². The number of aromatic amines is 2. The van der Waals surface area contributed by atoms with Crippen molar-refractivity contribution in [2.24, 2.45) is 11.5 Å². The number of primary amides is 2. The standard InChI is InChI=1S/C84H63N9O4/c85-79(94)54-96-68-43-52-78(97-55-80(86)95)69(53-68)84-76-50-48-74(89-76)82(57-33-39-66(40-34-57)92(61-23-11-3-12-24-61)62-25-13-4-14-26-62)72-46-44-70(87-72)81(56-31-37-65(38-32-56)91(59-19-7-1-8-20-59)60-21-9-2-10-22-60)71-45-47-73(88-71)83(75-49-51-77(84)90-75)58-35-41-67(42-36-58)93(63-27-15-5-16-28-63)64-29-17-6-18-30-64/h1-53,87,90H,54-55H2,(H2,85,94)(H2,86,95). The smallest absolute Gasteiger partial charge is 0.255 e. The van der Waals surface area contributed by atoms with Crippen molar-refractivity contribution < 1.29 is 19.1 Å². The van der Waals surface area contributed by atoms with Gasteiger partial charge in [-0.2, -0.15) is 0 Å². The highest BCUT2D eigenvalue weighted by Crippen LogP contribution is 2.45. The highest BCUT2D eigenvalue weighted by Gasteiger charge is 2.24. The summed E-state index contributed by atoms with van der Waals surface area (Å²) in [7, 11) is 0. The van der Waals surface area contributed by atoms with Crippen LogP contribution < -0.4 is 35.6 Å². The van der Waals surface area contributed by atoms with Gasteiger partial charge in [0.2, 0.25) is 0 Å². The number of para-hydroxylation sites is 6. The number of fused-ring (bicyclic) bond motifs is 8. The first kappa shape index (κ1) is 60.0. The normalized spacial score (nSPS) is 11.5. The van der Waals surface area contributed by atoms with E-state index < -0.39 is 18.4 Å². The predicted octanol–water partition coefficient (Wildman–Crippen LogP) is 19.5. The summed E-state index contributed by atoms with van der Waals surface area (Å²) in [6.07, 6.45) is 8.18. The van der Waals surface area contributed by atoms with E-state index in [4.69, 9.17) is 30.9 Å². The summed E-state index contributed by atoms with van der Waals surface area (Å²) in [5.41, 5.74) is 32.5. The lowest BCUT2D eigenvalue weighted by molar-refractivity contribution is -0.120. The van der Waals surface area contributed by atoms with Crippen LogP contribution in [0.25, 0.3) is 90.9 Å². The minimum Gasteiger partial charge on any atom is -0.484 e. The lowest BCUT2D eigenvalue weighted by atomic mass is 10.0. The fraction of sp³-hybridized carbons (Fsp3) is 0.0238. The Balaban J connectivity index is 0.998. The Morgan fingerprint density at radius 1 is 0.309 bits per heavy atom. The lowest BCUT2D eigenvalue weighted by Crippen LogP contribution is -2.20. The fourth-order valence-electron chi connectivity index (χ4n) is 12.8. The number of carbonyl (C=O) groups is 2. The molecular formula is C84H63N9O4. The van der Waals surface area contributed by atoms with Crippen LogP contribution in [0.5, 0.6) is 11.5 Å². The number of amides is 2. The van der Waals surface area contributed by atoms with Crippen molar-refractivity contribution in [2.45, 2.75) is 0 Å². The van der Waals surface area contributed by atoms with Gasteiger partial charge in [-0.15, -0.1) is 0 Å². The van der Waals surface area contributed by atoms with Gasteiger partial charge >= 0.3 is 0 Å². The zero-order valence-corrected chi connectivity index (χ0v) is 52.5. The van der Waals surface area contributed by atoms with E-state index >= 15 is 0 Å². The van der Waals surface area contributed by atoms with Gasteiger partial charge in [0.05, 0.1) is 22.8 Å². The molecule has 2 aliphatic heterocycles. The van der Waals surface area contributed by atoms with E-state index in [1.54, 1.807) is 18.2 Å². The molecule has 13 aromatic rings. The predicted molar refractivity (Wildman–Crippen MR) is 394 cm³/mol. The number of hydrogen-bond acceptors (Lipinski definition) is 9. The molecule has 0 fully saturated rings. The van der Waals surface area contributed by atoms with Gasteiger partial charge in [-0.3, -0.25) is 9.59 Å². The van der Waals surface area contributed by atoms with Crippen LogP contribution >= 0.6 is 0 Å². The van der Waals surface area contributed by atoms with E-state index in [1.165, 1.54) is 0 Å². The monoisotopic (exact) mass is 1260 g/mol. The first-order chi connectivity index (χ1) is 47.7.